The topological polar surface area (TPSA) is 76.7 Å². The van der Waals surface area contributed by atoms with Gasteiger partial charge in [0.1, 0.15) is 11.6 Å². The van der Waals surface area contributed by atoms with Gasteiger partial charge in [0.15, 0.2) is 0 Å². The summed E-state index contributed by atoms with van der Waals surface area (Å²) in [7, 11) is 0. The molecule has 2 aromatic rings. The van der Waals surface area contributed by atoms with Crippen molar-refractivity contribution in [2.75, 3.05) is 5.32 Å². The Kier molecular flexibility index (Phi) is 4.70. The van der Waals surface area contributed by atoms with E-state index in [0.29, 0.717) is 16.8 Å². The van der Waals surface area contributed by atoms with E-state index < -0.39 is 5.91 Å². The molecule has 0 aliphatic heterocycles. The number of aryl methyl sites for hydroxylation is 1. The quantitative estimate of drug-likeness (QED) is 0.694. The van der Waals surface area contributed by atoms with Gasteiger partial charge in [0.2, 0.25) is 0 Å². The number of nitrogens with one attached hydrogen (secondary N) is 1. The van der Waals surface area contributed by atoms with Crippen molar-refractivity contribution < 1.29 is 4.79 Å². The van der Waals surface area contributed by atoms with E-state index in [9.17, 15) is 10.1 Å². The molecule has 0 bridgehead atoms. The van der Waals surface area contributed by atoms with Crippen LogP contribution in [0.15, 0.2) is 54.1 Å². The Labute approximate surface area is 128 Å². The van der Waals surface area contributed by atoms with Crippen molar-refractivity contribution in [3.8, 4) is 12.1 Å². The van der Waals surface area contributed by atoms with E-state index in [1.165, 1.54) is 6.08 Å². The van der Waals surface area contributed by atoms with Crippen LogP contribution in [0, 0.1) is 29.6 Å². The molecule has 0 spiro atoms. The maximum Gasteiger partial charge on any atom is 0.266 e. The fraction of sp³-hybridized carbons (Fsp3) is 0.0556. The number of anilines is 1. The minimum absolute atomic E-state index is 0.0170. The minimum atomic E-state index is -0.476. The molecule has 0 aliphatic carbocycles. The lowest BCUT2D eigenvalue weighted by molar-refractivity contribution is -0.112. The van der Waals surface area contributed by atoms with Gasteiger partial charge < -0.3 is 5.32 Å². The van der Waals surface area contributed by atoms with Crippen molar-refractivity contribution >= 4 is 17.7 Å². The molecule has 0 aliphatic rings. The highest BCUT2D eigenvalue weighted by Crippen LogP contribution is 2.13. The summed E-state index contributed by atoms with van der Waals surface area (Å²) in [6, 6.07) is 18.0. The first-order chi connectivity index (χ1) is 10.6. The number of nitrogens with zero attached hydrogens (tertiary/aromatic N) is 2. The van der Waals surface area contributed by atoms with E-state index in [4.69, 9.17) is 5.26 Å². The van der Waals surface area contributed by atoms with E-state index in [1.54, 1.807) is 30.3 Å². The summed E-state index contributed by atoms with van der Waals surface area (Å²) in [5, 5.41) is 20.7. The van der Waals surface area contributed by atoms with E-state index in [1.807, 2.05) is 37.3 Å². The number of amides is 1. The van der Waals surface area contributed by atoms with E-state index in [2.05, 4.69) is 5.32 Å². The third-order valence-electron chi connectivity index (χ3n) is 2.97. The van der Waals surface area contributed by atoms with Crippen LogP contribution in [-0.2, 0) is 4.79 Å². The lowest BCUT2D eigenvalue weighted by Gasteiger charge is -2.05. The number of hydrogen-bond acceptors (Lipinski definition) is 3. The Hall–Kier alpha value is -3.37. The van der Waals surface area contributed by atoms with Gasteiger partial charge in [-0.25, -0.2) is 0 Å². The molecule has 1 N–H and O–H groups in total. The Morgan fingerprint density at radius 2 is 1.91 bits per heavy atom. The Bertz CT molecular complexity index is 823. The van der Waals surface area contributed by atoms with Crippen molar-refractivity contribution in [3.63, 3.8) is 0 Å². The molecule has 0 fully saturated rings. The molecular weight excluding hydrogens is 274 g/mol. The Morgan fingerprint density at radius 1 is 1.14 bits per heavy atom. The monoisotopic (exact) mass is 287 g/mol. The molecule has 106 valence electrons. The van der Waals surface area contributed by atoms with Crippen LogP contribution in [-0.4, -0.2) is 5.91 Å². The molecule has 0 unspecified atom stereocenters. The normalized spacial score (nSPS) is 10.4. The number of nitriles is 2. The molecule has 0 heterocycles. The molecule has 0 saturated heterocycles. The number of carbonyl (C=O) groups is 1. The molecule has 0 atom stereocenters. The van der Waals surface area contributed by atoms with Crippen molar-refractivity contribution in [2.24, 2.45) is 0 Å². The van der Waals surface area contributed by atoms with E-state index >= 15 is 0 Å². The van der Waals surface area contributed by atoms with Crippen LogP contribution in [0.3, 0.4) is 0 Å². The smallest absolute Gasteiger partial charge is 0.266 e. The fourth-order valence-electron chi connectivity index (χ4n) is 1.93. The van der Waals surface area contributed by atoms with Crippen molar-refractivity contribution in [1.82, 2.24) is 0 Å². The van der Waals surface area contributed by atoms with Crippen LogP contribution in [0.25, 0.3) is 6.08 Å². The molecule has 22 heavy (non-hydrogen) atoms. The summed E-state index contributed by atoms with van der Waals surface area (Å²) in [5.41, 5.74) is 2.75. The third-order valence-corrected chi connectivity index (χ3v) is 2.97. The van der Waals surface area contributed by atoms with Crippen LogP contribution in [0.2, 0.25) is 0 Å². The van der Waals surface area contributed by atoms with Gasteiger partial charge in [0.25, 0.3) is 5.91 Å². The fourth-order valence-corrected chi connectivity index (χ4v) is 1.93. The summed E-state index contributed by atoms with van der Waals surface area (Å²) in [4.78, 5) is 12.1. The minimum Gasteiger partial charge on any atom is -0.321 e. The van der Waals surface area contributed by atoms with E-state index in [0.717, 1.165) is 5.56 Å². The number of hydrogen-bond donors (Lipinski definition) is 1. The van der Waals surface area contributed by atoms with Gasteiger partial charge >= 0.3 is 0 Å². The molecule has 2 rings (SSSR count). The number of rotatable bonds is 3. The first-order valence-electron chi connectivity index (χ1n) is 6.62. The first kappa shape index (κ1) is 15.0. The van der Waals surface area contributed by atoms with Crippen molar-refractivity contribution in [1.29, 1.82) is 10.5 Å². The molecule has 4 nitrogen and oxygen atoms in total. The molecule has 0 saturated carbocycles. The average Bonchev–Trinajstić information content (AvgIpc) is 2.52. The third kappa shape index (κ3) is 3.82. The zero-order valence-corrected chi connectivity index (χ0v) is 12.0. The van der Waals surface area contributed by atoms with Gasteiger partial charge in [-0.1, -0.05) is 24.3 Å². The average molecular weight is 287 g/mol. The highest BCUT2D eigenvalue weighted by molar-refractivity contribution is 6.09. The molecule has 0 aromatic heterocycles. The number of benzene rings is 2. The second-order valence-corrected chi connectivity index (χ2v) is 4.73. The van der Waals surface area contributed by atoms with Gasteiger partial charge in [-0.15, -0.1) is 0 Å². The van der Waals surface area contributed by atoms with Crippen LogP contribution in [0.1, 0.15) is 16.7 Å². The predicted molar refractivity (Wildman–Crippen MR) is 84.6 cm³/mol. The molecular formula is C18H13N3O. The highest BCUT2D eigenvalue weighted by atomic mass is 16.1. The molecule has 1 amide bonds. The van der Waals surface area contributed by atoms with Gasteiger partial charge in [0.05, 0.1) is 11.6 Å². The summed E-state index contributed by atoms with van der Waals surface area (Å²) in [6.45, 7) is 1.92. The van der Waals surface area contributed by atoms with Crippen molar-refractivity contribution in [2.45, 2.75) is 6.92 Å². The zero-order valence-electron chi connectivity index (χ0n) is 12.0. The van der Waals surface area contributed by atoms with Crippen LogP contribution in [0.5, 0.6) is 0 Å². The summed E-state index contributed by atoms with van der Waals surface area (Å²) in [6.07, 6.45) is 1.46. The summed E-state index contributed by atoms with van der Waals surface area (Å²) in [5.74, 6) is -0.476. The largest absolute Gasteiger partial charge is 0.321 e. The van der Waals surface area contributed by atoms with Crippen LogP contribution < -0.4 is 5.32 Å². The van der Waals surface area contributed by atoms with Crippen molar-refractivity contribution in [3.05, 3.63) is 70.8 Å². The second kappa shape index (κ2) is 6.88. The molecule has 0 radical (unpaired) electrons. The molecule has 4 heteroatoms. The lowest BCUT2D eigenvalue weighted by atomic mass is 10.1. The molecule has 2 aromatic carbocycles. The van der Waals surface area contributed by atoms with Gasteiger partial charge in [-0.2, -0.15) is 10.5 Å². The Morgan fingerprint density at radius 3 is 2.59 bits per heavy atom. The number of carbonyl (C=O) groups excluding carboxylic acids is 1. The SMILES string of the molecule is Cc1cccc(NC(=O)/C(C#N)=C/c2cccc(C#N)c2)c1. The van der Waals surface area contributed by atoms with E-state index in [-0.39, 0.29) is 5.57 Å². The van der Waals surface area contributed by atoms with Gasteiger partial charge in [-0.3, -0.25) is 4.79 Å². The highest BCUT2D eigenvalue weighted by Gasteiger charge is 2.09. The summed E-state index contributed by atoms with van der Waals surface area (Å²) >= 11 is 0. The van der Waals surface area contributed by atoms with Gasteiger partial charge in [0, 0.05) is 5.69 Å². The predicted octanol–water partition coefficient (Wildman–Crippen LogP) is 3.41. The van der Waals surface area contributed by atoms with Crippen LogP contribution >= 0.6 is 0 Å². The van der Waals surface area contributed by atoms with Gasteiger partial charge in [-0.05, 0) is 48.4 Å². The maximum absolute atomic E-state index is 12.1. The van der Waals surface area contributed by atoms with Crippen LogP contribution in [0.4, 0.5) is 5.69 Å². The summed E-state index contributed by atoms with van der Waals surface area (Å²) < 4.78 is 0. The lowest BCUT2D eigenvalue weighted by Crippen LogP contribution is -2.13. The second-order valence-electron chi connectivity index (χ2n) is 4.73. The standard InChI is InChI=1S/C18H13N3O/c1-13-4-2-7-17(8-13)21-18(22)16(12-20)10-14-5-3-6-15(9-14)11-19/h2-10H,1H3,(H,21,22)/b16-10+. The Balaban J connectivity index is 2.24. The zero-order chi connectivity index (χ0) is 15.9. The maximum atomic E-state index is 12.1. The first-order valence-corrected chi connectivity index (χ1v) is 6.62.